The van der Waals surface area contributed by atoms with E-state index in [1.54, 1.807) is 6.92 Å². The fourth-order valence-corrected chi connectivity index (χ4v) is 5.61. The van der Waals surface area contributed by atoms with Crippen LogP contribution >= 0.6 is 0 Å². The molecule has 0 aliphatic carbocycles. The predicted molar refractivity (Wildman–Crippen MR) is 135 cm³/mol. The van der Waals surface area contributed by atoms with Crippen LogP contribution in [0.15, 0.2) is 68.7 Å². The summed E-state index contributed by atoms with van der Waals surface area (Å²) in [7, 11) is -4.48. The van der Waals surface area contributed by atoms with Crippen molar-refractivity contribution in [2.45, 2.75) is 37.1 Å². The number of anilines is 1. The number of sulfonamides is 1. The molecule has 194 valence electrons. The summed E-state index contributed by atoms with van der Waals surface area (Å²) in [5, 5.41) is 0. The standard InChI is InChI=1S/C26H26F2N4O4S/c1-17(19-8-2-6-18(14-19)7-4-11-31-12-5-13-31)32-21-15-20(27)23(16-22(21)36-26(32)33)37(34,35)30-25-10-3-9-24(28)29-25/h2-3,6,8-10,14-17H,4-5,7,11-13H2,1H3,(H,29,30)/t17-/m1/s1. The van der Waals surface area contributed by atoms with E-state index >= 15 is 4.39 Å². The van der Waals surface area contributed by atoms with Crippen molar-refractivity contribution in [2.75, 3.05) is 24.4 Å². The number of aromatic nitrogens is 2. The van der Waals surface area contributed by atoms with Gasteiger partial charge in [-0.1, -0.05) is 30.3 Å². The van der Waals surface area contributed by atoms with Crippen LogP contribution in [0.4, 0.5) is 14.6 Å². The molecule has 1 aliphatic rings. The molecule has 37 heavy (non-hydrogen) atoms. The average Bonchev–Trinajstić information content (AvgIpc) is 3.14. The maximum absolute atomic E-state index is 15.1. The molecule has 0 unspecified atom stereocenters. The van der Waals surface area contributed by atoms with Crippen LogP contribution in [0.1, 0.15) is 36.9 Å². The molecule has 8 nitrogen and oxygen atoms in total. The van der Waals surface area contributed by atoms with Crippen molar-refractivity contribution in [1.82, 2.24) is 14.5 Å². The van der Waals surface area contributed by atoms with Crippen LogP contribution in [0, 0.1) is 11.8 Å². The summed E-state index contributed by atoms with van der Waals surface area (Å²) in [4.78, 5) is 17.9. The van der Waals surface area contributed by atoms with Gasteiger partial charge in [-0.15, -0.1) is 0 Å². The lowest BCUT2D eigenvalue weighted by molar-refractivity contribution is 0.179. The maximum atomic E-state index is 15.1. The predicted octanol–water partition coefficient (Wildman–Crippen LogP) is 4.32. The first-order chi connectivity index (χ1) is 17.7. The number of benzene rings is 2. The fraction of sp³-hybridized carbons (Fsp3) is 0.308. The van der Waals surface area contributed by atoms with Gasteiger partial charge in [-0.2, -0.15) is 4.39 Å². The second-order valence-electron chi connectivity index (χ2n) is 9.16. The smallest absolute Gasteiger partial charge is 0.408 e. The van der Waals surface area contributed by atoms with Gasteiger partial charge in [-0.25, -0.2) is 22.6 Å². The molecule has 3 heterocycles. The van der Waals surface area contributed by atoms with Gasteiger partial charge in [-0.05, 0) is 69.1 Å². The topological polar surface area (TPSA) is 97.4 Å². The molecule has 1 fully saturated rings. The number of nitrogens with one attached hydrogen (secondary N) is 1. The molecule has 0 saturated carbocycles. The van der Waals surface area contributed by atoms with Gasteiger partial charge in [0.1, 0.15) is 16.5 Å². The summed E-state index contributed by atoms with van der Waals surface area (Å²) in [5.41, 5.74) is 2.03. The first-order valence-electron chi connectivity index (χ1n) is 12.0. The molecule has 2 aromatic carbocycles. The Bertz CT molecular complexity index is 1610. The number of pyridine rings is 1. The lowest BCUT2D eigenvalue weighted by atomic mass is 10.0. The van der Waals surface area contributed by atoms with Crippen LogP contribution in [0.2, 0.25) is 0 Å². The summed E-state index contributed by atoms with van der Waals surface area (Å²) < 4.78 is 62.6. The van der Waals surface area contributed by atoms with Crippen molar-refractivity contribution < 1.29 is 21.6 Å². The maximum Gasteiger partial charge on any atom is 0.420 e. The van der Waals surface area contributed by atoms with Gasteiger partial charge < -0.3 is 9.32 Å². The third-order valence-corrected chi connectivity index (χ3v) is 7.99. The van der Waals surface area contributed by atoms with Crippen LogP contribution in [0.25, 0.3) is 11.1 Å². The highest BCUT2D eigenvalue weighted by molar-refractivity contribution is 7.92. The molecule has 1 saturated heterocycles. The summed E-state index contributed by atoms with van der Waals surface area (Å²) in [6.45, 7) is 5.17. The van der Waals surface area contributed by atoms with Gasteiger partial charge in [-0.3, -0.25) is 9.29 Å². The number of oxazole rings is 1. The summed E-state index contributed by atoms with van der Waals surface area (Å²) in [6.07, 6.45) is 3.20. The van der Waals surface area contributed by atoms with E-state index in [1.807, 2.05) is 29.0 Å². The Morgan fingerprint density at radius 3 is 2.62 bits per heavy atom. The number of hydrogen-bond donors (Lipinski definition) is 1. The molecule has 1 atom stereocenters. The lowest BCUT2D eigenvalue weighted by Gasteiger charge is -2.30. The average molecular weight is 529 g/mol. The van der Waals surface area contributed by atoms with Crippen LogP contribution in [0.3, 0.4) is 0 Å². The van der Waals surface area contributed by atoms with Gasteiger partial charge in [0.05, 0.1) is 11.6 Å². The lowest BCUT2D eigenvalue weighted by Crippen LogP contribution is -2.37. The number of rotatable bonds is 9. The van der Waals surface area contributed by atoms with Crippen LogP contribution in [-0.4, -0.2) is 42.5 Å². The van der Waals surface area contributed by atoms with Crippen molar-refractivity contribution in [3.05, 3.63) is 88.0 Å². The Labute approximate surface area is 212 Å². The van der Waals surface area contributed by atoms with Crippen LogP contribution in [-0.2, 0) is 16.4 Å². The van der Waals surface area contributed by atoms with E-state index in [1.165, 1.54) is 23.1 Å². The van der Waals surface area contributed by atoms with E-state index in [2.05, 4.69) is 9.88 Å². The second kappa shape index (κ2) is 10.1. The molecule has 0 radical (unpaired) electrons. The van der Waals surface area contributed by atoms with E-state index in [0.29, 0.717) is 0 Å². The number of fused-ring (bicyclic) bond motifs is 1. The third kappa shape index (κ3) is 5.28. The van der Waals surface area contributed by atoms with Crippen molar-refractivity contribution in [3.63, 3.8) is 0 Å². The van der Waals surface area contributed by atoms with Crippen LogP contribution in [0.5, 0.6) is 0 Å². The van der Waals surface area contributed by atoms with Crippen molar-refractivity contribution >= 4 is 26.9 Å². The number of halogens is 2. The van der Waals surface area contributed by atoms with Crippen molar-refractivity contribution in [3.8, 4) is 0 Å². The first-order valence-corrected chi connectivity index (χ1v) is 13.5. The quantitative estimate of drug-likeness (QED) is 0.325. The highest BCUT2D eigenvalue weighted by atomic mass is 32.2. The summed E-state index contributed by atoms with van der Waals surface area (Å²) in [5.74, 6) is -3.03. The van der Waals surface area contributed by atoms with E-state index < -0.39 is 38.5 Å². The van der Waals surface area contributed by atoms with Gasteiger partial charge in [0.15, 0.2) is 5.58 Å². The minimum atomic E-state index is -4.48. The number of aryl methyl sites for hydroxylation is 1. The molecule has 2 aromatic heterocycles. The largest absolute Gasteiger partial charge is 0.420 e. The van der Waals surface area contributed by atoms with Gasteiger partial charge >= 0.3 is 5.76 Å². The van der Waals surface area contributed by atoms with E-state index in [4.69, 9.17) is 4.42 Å². The Kier molecular flexibility index (Phi) is 6.82. The zero-order valence-corrected chi connectivity index (χ0v) is 21.0. The van der Waals surface area contributed by atoms with Crippen molar-refractivity contribution in [1.29, 1.82) is 0 Å². The number of hydrogen-bond acceptors (Lipinski definition) is 6. The molecule has 0 amide bonds. The highest BCUT2D eigenvalue weighted by Gasteiger charge is 2.25. The molecule has 1 aliphatic heterocycles. The van der Waals surface area contributed by atoms with Crippen LogP contribution < -0.4 is 10.5 Å². The fourth-order valence-electron chi connectivity index (χ4n) is 4.54. The minimum Gasteiger partial charge on any atom is -0.408 e. The van der Waals surface area contributed by atoms with E-state index in [9.17, 15) is 17.6 Å². The minimum absolute atomic E-state index is 0.0865. The molecule has 5 rings (SSSR count). The third-order valence-electron chi connectivity index (χ3n) is 6.62. The highest BCUT2D eigenvalue weighted by Crippen LogP contribution is 2.28. The SMILES string of the molecule is C[C@H](c1cccc(CCCN2CCC2)c1)n1c(=O)oc2cc(S(=O)(=O)Nc3cccc(F)n3)c(F)cc21. The first kappa shape index (κ1) is 25.1. The Hall–Kier alpha value is -3.57. The van der Waals surface area contributed by atoms with E-state index in [-0.39, 0.29) is 16.9 Å². The van der Waals surface area contributed by atoms with Gasteiger partial charge in [0, 0.05) is 12.1 Å². The summed E-state index contributed by atoms with van der Waals surface area (Å²) in [6, 6.07) is 12.8. The molecule has 1 N–H and O–H groups in total. The van der Waals surface area contributed by atoms with E-state index in [0.717, 1.165) is 61.8 Å². The molecule has 4 aromatic rings. The molecule has 0 bridgehead atoms. The van der Waals surface area contributed by atoms with Gasteiger partial charge in [0.25, 0.3) is 10.0 Å². The van der Waals surface area contributed by atoms with Gasteiger partial charge in [0.2, 0.25) is 5.95 Å². The molecular formula is C26H26F2N4O4S. The zero-order chi connectivity index (χ0) is 26.2. The number of likely N-dealkylation sites (tertiary alicyclic amines) is 1. The number of nitrogens with zero attached hydrogens (tertiary/aromatic N) is 3. The Balaban J connectivity index is 1.42. The second-order valence-corrected chi connectivity index (χ2v) is 10.8. The zero-order valence-electron chi connectivity index (χ0n) is 20.2. The molecule has 0 spiro atoms. The molecular weight excluding hydrogens is 502 g/mol. The van der Waals surface area contributed by atoms with Crippen molar-refractivity contribution in [2.24, 2.45) is 0 Å². The Morgan fingerprint density at radius 1 is 1.11 bits per heavy atom. The summed E-state index contributed by atoms with van der Waals surface area (Å²) >= 11 is 0. The Morgan fingerprint density at radius 2 is 1.89 bits per heavy atom. The monoisotopic (exact) mass is 528 g/mol. The molecule has 11 heteroatoms. The normalized spacial score (nSPS) is 15.0.